The maximum Gasteiger partial charge on any atom is 0.233 e. The van der Waals surface area contributed by atoms with Crippen LogP contribution < -0.4 is 0 Å². The van der Waals surface area contributed by atoms with Gasteiger partial charge in [-0.05, 0) is 18.1 Å². The summed E-state index contributed by atoms with van der Waals surface area (Å²) in [6.07, 6.45) is 6.28. The van der Waals surface area contributed by atoms with E-state index in [4.69, 9.17) is 6.42 Å². The van der Waals surface area contributed by atoms with Crippen LogP contribution in [0.5, 0.6) is 0 Å². The molecule has 3 nitrogen and oxygen atoms in total. The van der Waals surface area contributed by atoms with Crippen LogP contribution in [-0.2, 0) is 0 Å². The summed E-state index contributed by atoms with van der Waals surface area (Å²) in [5, 5.41) is 3.89. The van der Waals surface area contributed by atoms with Gasteiger partial charge in [-0.15, -0.1) is 6.42 Å². The SMILES string of the molecule is C#Cc1ccc2nc(F)cn2n1. The van der Waals surface area contributed by atoms with Gasteiger partial charge in [0.15, 0.2) is 5.65 Å². The molecule has 0 saturated heterocycles. The third-order valence-electron chi connectivity index (χ3n) is 1.44. The largest absolute Gasteiger partial charge is 0.233 e. The third-order valence-corrected chi connectivity index (χ3v) is 1.44. The smallest absolute Gasteiger partial charge is 0.217 e. The lowest BCUT2D eigenvalue weighted by Gasteiger charge is -1.90. The van der Waals surface area contributed by atoms with Crippen LogP contribution in [0.15, 0.2) is 18.3 Å². The van der Waals surface area contributed by atoms with Crippen LogP contribution in [0.3, 0.4) is 0 Å². The normalized spacial score (nSPS) is 10.0. The fourth-order valence-corrected chi connectivity index (χ4v) is 0.930. The maximum absolute atomic E-state index is 12.5. The molecule has 0 aliphatic heterocycles. The van der Waals surface area contributed by atoms with Crippen molar-refractivity contribution >= 4 is 5.65 Å². The first-order valence-corrected chi connectivity index (χ1v) is 3.28. The average molecular weight is 161 g/mol. The Hall–Kier alpha value is -1.89. The summed E-state index contributed by atoms with van der Waals surface area (Å²) < 4.78 is 13.8. The highest BCUT2D eigenvalue weighted by atomic mass is 19.1. The maximum atomic E-state index is 12.5. The lowest BCUT2D eigenvalue weighted by atomic mass is 10.4. The molecule has 0 bridgehead atoms. The fraction of sp³-hybridized carbons (Fsp3) is 0. The van der Waals surface area contributed by atoms with Gasteiger partial charge in [-0.3, -0.25) is 0 Å². The van der Waals surface area contributed by atoms with Gasteiger partial charge in [0.05, 0.1) is 6.20 Å². The van der Waals surface area contributed by atoms with Gasteiger partial charge >= 0.3 is 0 Å². The van der Waals surface area contributed by atoms with E-state index < -0.39 is 5.95 Å². The molecule has 0 atom stereocenters. The topological polar surface area (TPSA) is 30.2 Å². The molecule has 0 unspecified atom stereocenters. The van der Waals surface area contributed by atoms with Crippen molar-refractivity contribution in [3.05, 3.63) is 30.0 Å². The van der Waals surface area contributed by atoms with Gasteiger partial charge in [-0.2, -0.15) is 14.5 Å². The molecular weight excluding hydrogens is 157 g/mol. The lowest BCUT2D eigenvalue weighted by molar-refractivity contribution is 0.591. The van der Waals surface area contributed by atoms with Crippen molar-refractivity contribution in [3.8, 4) is 12.3 Å². The first kappa shape index (κ1) is 6.80. The number of halogens is 1. The van der Waals surface area contributed by atoms with Crippen LogP contribution in [0.1, 0.15) is 5.69 Å². The van der Waals surface area contributed by atoms with Crippen LogP contribution in [0.25, 0.3) is 5.65 Å². The highest BCUT2D eigenvalue weighted by molar-refractivity contribution is 5.39. The monoisotopic (exact) mass is 161 g/mol. The molecule has 0 N–H and O–H groups in total. The van der Waals surface area contributed by atoms with Gasteiger partial charge in [-0.1, -0.05) is 0 Å². The molecule has 0 radical (unpaired) electrons. The zero-order valence-electron chi connectivity index (χ0n) is 6.03. The van der Waals surface area contributed by atoms with Crippen molar-refractivity contribution in [2.45, 2.75) is 0 Å². The minimum atomic E-state index is -0.559. The molecule has 0 aromatic carbocycles. The van der Waals surface area contributed by atoms with E-state index in [1.807, 2.05) is 0 Å². The summed E-state index contributed by atoms with van der Waals surface area (Å²) in [5.74, 6) is 1.79. The zero-order chi connectivity index (χ0) is 8.55. The highest BCUT2D eigenvalue weighted by Crippen LogP contribution is 2.02. The minimum Gasteiger partial charge on any atom is -0.217 e. The second kappa shape index (κ2) is 2.31. The van der Waals surface area contributed by atoms with E-state index in [1.54, 1.807) is 12.1 Å². The lowest BCUT2D eigenvalue weighted by Crippen LogP contribution is -1.92. The van der Waals surface area contributed by atoms with E-state index in [0.29, 0.717) is 11.3 Å². The van der Waals surface area contributed by atoms with E-state index in [0.717, 1.165) is 0 Å². The molecule has 2 aromatic rings. The number of fused-ring (bicyclic) bond motifs is 1. The van der Waals surface area contributed by atoms with E-state index in [1.165, 1.54) is 10.7 Å². The Morgan fingerprint density at radius 2 is 2.33 bits per heavy atom. The summed E-state index contributed by atoms with van der Waals surface area (Å²) >= 11 is 0. The molecule has 0 amide bonds. The number of terminal acetylenes is 1. The van der Waals surface area contributed by atoms with Crippen molar-refractivity contribution < 1.29 is 4.39 Å². The number of nitrogens with zero attached hydrogens (tertiary/aromatic N) is 3. The Balaban J connectivity index is 2.77. The molecule has 0 spiro atoms. The number of imidazole rings is 1. The molecule has 2 aromatic heterocycles. The number of hydrogen-bond donors (Lipinski definition) is 0. The molecule has 4 heteroatoms. The molecule has 0 aliphatic carbocycles. The van der Waals surface area contributed by atoms with Gasteiger partial charge < -0.3 is 0 Å². The second-order valence-corrected chi connectivity index (χ2v) is 2.23. The highest BCUT2D eigenvalue weighted by Gasteiger charge is 2.00. The van der Waals surface area contributed by atoms with Crippen LogP contribution in [-0.4, -0.2) is 14.6 Å². The Kier molecular flexibility index (Phi) is 1.31. The summed E-state index contributed by atoms with van der Waals surface area (Å²) in [6.45, 7) is 0. The molecule has 0 aliphatic rings. The predicted molar refractivity (Wildman–Crippen MR) is 40.9 cm³/mol. The van der Waals surface area contributed by atoms with Gasteiger partial charge in [-0.25, -0.2) is 4.52 Å². The van der Waals surface area contributed by atoms with Crippen LogP contribution in [0.2, 0.25) is 0 Å². The summed E-state index contributed by atoms with van der Waals surface area (Å²) in [4.78, 5) is 3.55. The first-order valence-electron chi connectivity index (χ1n) is 3.28. The van der Waals surface area contributed by atoms with Crippen molar-refractivity contribution in [1.82, 2.24) is 14.6 Å². The Bertz CT molecular complexity index is 467. The van der Waals surface area contributed by atoms with Crippen LogP contribution >= 0.6 is 0 Å². The molecule has 2 heterocycles. The molecule has 58 valence electrons. The second-order valence-electron chi connectivity index (χ2n) is 2.23. The third kappa shape index (κ3) is 0.920. The fourth-order valence-electron chi connectivity index (χ4n) is 0.930. The van der Waals surface area contributed by atoms with E-state index in [-0.39, 0.29) is 0 Å². The van der Waals surface area contributed by atoms with E-state index in [9.17, 15) is 4.39 Å². The first-order chi connectivity index (χ1) is 5.79. The number of aromatic nitrogens is 3. The Labute approximate surface area is 67.9 Å². The van der Waals surface area contributed by atoms with Gasteiger partial charge in [0.2, 0.25) is 5.95 Å². The molecule has 0 saturated carbocycles. The molecule has 2 rings (SSSR count). The number of hydrogen-bond acceptors (Lipinski definition) is 2. The summed E-state index contributed by atoms with van der Waals surface area (Å²) in [6, 6.07) is 3.23. The van der Waals surface area contributed by atoms with Gasteiger partial charge in [0.1, 0.15) is 5.69 Å². The van der Waals surface area contributed by atoms with E-state index >= 15 is 0 Å². The zero-order valence-corrected chi connectivity index (χ0v) is 6.03. The Morgan fingerprint density at radius 3 is 3.08 bits per heavy atom. The van der Waals surface area contributed by atoms with E-state index in [2.05, 4.69) is 16.0 Å². The standard InChI is InChI=1S/C8H4FN3/c1-2-6-3-4-8-10-7(9)5-12(8)11-6/h1,3-5H. The van der Waals surface area contributed by atoms with Crippen molar-refractivity contribution in [1.29, 1.82) is 0 Å². The van der Waals surface area contributed by atoms with Crippen molar-refractivity contribution in [2.24, 2.45) is 0 Å². The van der Waals surface area contributed by atoms with Crippen molar-refractivity contribution in [3.63, 3.8) is 0 Å². The summed E-state index contributed by atoms with van der Waals surface area (Å²) in [7, 11) is 0. The predicted octanol–water partition coefficient (Wildman–Crippen LogP) is 0.850. The van der Waals surface area contributed by atoms with Crippen molar-refractivity contribution in [2.75, 3.05) is 0 Å². The van der Waals surface area contributed by atoms with Gasteiger partial charge in [0.25, 0.3) is 0 Å². The van der Waals surface area contributed by atoms with Gasteiger partial charge in [0, 0.05) is 0 Å². The number of rotatable bonds is 0. The van der Waals surface area contributed by atoms with Crippen LogP contribution in [0.4, 0.5) is 4.39 Å². The average Bonchev–Trinajstić information content (AvgIpc) is 2.43. The van der Waals surface area contributed by atoms with Crippen LogP contribution in [0, 0.1) is 18.3 Å². The Morgan fingerprint density at radius 1 is 1.50 bits per heavy atom. The summed E-state index contributed by atoms with van der Waals surface area (Å²) in [5.41, 5.74) is 0.909. The molecule has 12 heavy (non-hydrogen) atoms. The minimum absolute atomic E-state index is 0.450. The molecular formula is C8H4FN3. The molecule has 0 fully saturated rings. The quantitative estimate of drug-likeness (QED) is 0.536.